The molecule has 3 aromatic rings. The number of benzene rings is 2. The van der Waals surface area contributed by atoms with Gasteiger partial charge in [-0.25, -0.2) is 9.18 Å². The molecule has 0 aliphatic carbocycles. The third kappa shape index (κ3) is 5.48. The highest BCUT2D eigenvalue weighted by Crippen LogP contribution is 2.29. The molecular weight excluding hydrogens is 475 g/mol. The minimum atomic E-state index is -0.636. The van der Waals surface area contributed by atoms with Crippen LogP contribution in [0.15, 0.2) is 56.4 Å². The number of amides is 1. The molecule has 0 radical (unpaired) electrons. The molecule has 0 atom stereocenters. The second-order valence-electron chi connectivity index (χ2n) is 6.34. The summed E-state index contributed by atoms with van der Waals surface area (Å²) < 4.78 is 24.7. The first-order valence-electron chi connectivity index (χ1n) is 8.90. The van der Waals surface area contributed by atoms with Crippen LogP contribution in [0, 0.1) is 19.7 Å². The SMILES string of the molecule is Cc1noc(C)c1CSc1ccccc1C(=O)OCC(=O)Nc1ccc(Br)cc1F. The van der Waals surface area contributed by atoms with E-state index in [-0.39, 0.29) is 5.69 Å². The number of aromatic nitrogens is 1. The van der Waals surface area contributed by atoms with Crippen LogP contribution in [0.3, 0.4) is 0 Å². The van der Waals surface area contributed by atoms with Crippen LogP contribution in [0.5, 0.6) is 0 Å². The highest BCUT2D eigenvalue weighted by Gasteiger charge is 2.17. The number of aryl methyl sites for hydroxylation is 2. The maximum atomic E-state index is 13.8. The molecule has 156 valence electrons. The predicted molar refractivity (Wildman–Crippen MR) is 115 cm³/mol. The van der Waals surface area contributed by atoms with E-state index in [1.807, 2.05) is 19.9 Å². The number of hydrogen-bond acceptors (Lipinski definition) is 6. The first-order chi connectivity index (χ1) is 14.3. The fraction of sp³-hybridized carbons (Fsp3) is 0.190. The Morgan fingerprint density at radius 2 is 2.00 bits per heavy atom. The van der Waals surface area contributed by atoms with Gasteiger partial charge in [-0.3, -0.25) is 4.79 Å². The molecular formula is C21H18BrFN2O4S. The van der Waals surface area contributed by atoms with Crippen LogP contribution < -0.4 is 5.32 Å². The molecule has 0 saturated carbocycles. The lowest BCUT2D eigenvalue weighted by molar-refractivity contribution is -0.119. The zero-order valence-corrected chi connectivity index (χ0v) is 18.6. The fourth-order valence-electron chi connectivity index (χ4n) is 2.60. The van der Waals surface area contributed by atoms with E-state index in [2.05, 4.69) is 26.4 Å². The number of nitrogens with zero attached hydrogens (tertiary/aromatic N) is 1. The molecule has 0 spiro atoms. The zero-order chi connectivity index (χ0) is 21.7. The first-order valence-corrected chi connectivity index (χ1v) is 10.7. The molecule has 0 fully saturated rings. The van der Waals surface area contributed by atoms with Crippen LogP contribution in [-0.4, -0.2) is 23.6 Å². The maximum Gasteiger partial charge on any atom is 0.339 e. The van der Waals surface area contributed by atoms with Crippen molar-refractivity contribution in [2.24, 2.45) is 0 Å². The Hall–Kier alpha value is -2.65. The molecule has 1 N–H and O–H groups in total. The van der Waals surface area contributed by atoms with Gasteiger partial charge in [-0.1, -0.05) is 33.2 Å². The Balaban J connectivity index is 1.61. The summed E-state index contributed by atoms with van der Waals surface area (Å²) in [7, 11) is 0. The average molecular weight is 493 g/mol. The molecule has 0 saturated heterocycles. The van der Waals surface area contributed by atoms with E-state index in [4.69, 9.17) is 9.26 Å². The Morgan fingerprint density at radius 1 is 1.23 bits per heavy atom. The maximum absolute atomic E-state index is 13.8. The van der Waals surface area contributed by atoms with E-state index in [0.29, 0.717) is 20.7 Å². The molecule has 30 heavy (non-hydrogen) atoms. The van der Waals surface area contributed by atoms with Crippen LogP contribution in [0.1, 0.15) is 27.4 Å². The summed E-state index contributed by atoms with van der Waals surface area (Å²) in [6.07, 6.45) is 0. The zero-order valence-electron chi connectivity index (χ0n) is 16.2. The van der Waals surface area contributed by atoms with E-state index < -0.39 is 24.3 Å². The second-order valence-corrected chi connectivity index (χ2v) is 8.27. The van der Waals surface area contributed by atoms with Crippen LogP contribution in [-0.2, 0) is 15.3 Å². The van der Waals surface area contributed by atoms with Crippen LogP contribution in [0.2, 0.25) is 0 Å². The number of anilines is 1. The van der Waals surface area contributed by atoms with Crippen LogP contribution in [0.4, 0.5) is 10.1 Å². The molecule has 0 bridgehead atoms. The first kappa shape index (κ1) is 22.0. The number of rotatable bonds is 7. The number of ether oxygens (including phenoxy) is 1. The lowest BCUT2D eigenvalue weighted by Crippen LogP contribution is -2.21. The van der Waals surface area contributed by atoms with Gasteiger partial charge in [0, 0.05) is 20.7 Å². The van der Waals surface area contributed by atoms with Gasteiger partial charge in [0.05, 0.1) is 16.9 Å². The normalized spacial score (nSPS) is 10.7. The molecule has 0 aliphatic rings. The van der Waals surface area contributed by atoms with Gasteiger partial charge in [-0.2, -0.15) is 0 Å². The summed E-state index contributed by atoms with van der Waals surface area (Å²) in [5.74, 6) is -0.551. The van der Waals surface area contributed by atoms with Gasteiger partial charge in [-0.05, 0) is 44.2 Å². The van der Waals surface area contributed by atoms with Crippen molar-refractivity contribution in [1.29, 1.82) is 0 Å². The van der Waals surface area contributed by atoms with Crippen LogP contribution >= 0.6 is 27.7 Å². The minimum Gasteiger partial charge on any atom is -0.452 e. The van der Waals surface area contributed by atoms with Gasteiger partial charge >= 0.3 is 5.97 Å². The molecule has 0 unspecified atom stereocenters. The summed E-state index contributed by atoms with van der Waals surface area (Å²) in [4.78, 5) is 25.2. The topological polar surface area (TPSA) is 81.4 Å². The van der Waals surface area contributed by atoms with Crippen molar-refractivity contribution in [3.8, 4) is 0 Å². The van der Waals surface area contributed by atoms with E-state index >= 15 is 0 Å². The van der Waals surface area contributed by atoms with Crippen molar-refractivity contribution in [1.82, 2.24) is 5.16 Å². The highest BCUT2D eigenvalue weighted by molar-refractivity contribution is 9.10. The summed E-state index contributed by atoms with van der Waals surface area (Å²) in [5.41, 5.74) is 2.13. The summed E-state index contributed by atoms with van der Waals surface area (Å²) in [6, 6.07) is 11.2. The summed E-state index contributed by atoms with van der Waals surface area (Å²) >= 11 is 4.59. The lowest BCUT2D eigenvalue weighted by atomic mass is 10.2. The Bertz CT molecular complexity index is 1070. The molecule has 1 aromatic heterocycles. The van der Waals surface area contributed by atoms with Gasteiger partial charge in [0.25, 0.3) is 5.91 Å². The van der Waals surface area contributed by atoms with E-state index in [0.717, 1.165) is 17.0 Å². The minimum absolute atomic E-state index is 0.00895. The van der Waals surface area contributed by atoms with Crippen molar-refractivity contribution in [2.45, 2.75) is 24.5 Å². The Kier molecular flexibility index (Phi) is 7.28. The fourth-order valence-corrected chi connectivity index (χ4v) is 4.13. The number of carbonyl (C=O) groups excluding carboxylic acids is 2. The standard InChI is InChI=1S/C21H18BrFN2O4S/c1-12-16(13(2)29-25-12)11-30-19-6-4-3-5-15(19)21(27)28-10-20(26)24-18-8-7-14(22)9-17(18)23/h3-9H,10-11H2,1-2H3,(H,24,26). The molecule has 9 heteroatoms. The van der Waals surface area contributed by atoms with E-state index in [1.54, 1.807) is 24.3 Å². The van der Waals surface area contributed by atoms with Crippen molar-refractivity contribution < 1.29 is 23.2 Å². The number of hydrogen-bond donors (Lipinski definition) is 1. The Morgan fingerprint density at radius 3 is 2.70 bits per heavy atom. The van der Waals surface area contributed by atoms with Crippen molar-refractivity contribution in [2.75, 3.05) is 11.9 Å². The molecule has 0 aliphatic heterocycles. The van der Waals surface area contributed by atoms with E-state index in [1.165, 1.54) is 23.9 Å². The highest BCUT2D eigenvalue weighted by atomic mass is 79.9. The van der Waals surface area contributed by atoms with Gasteiger partial charge < -0.3 is 14.6 Å². The predicted octanol–water partition coefficient (Wildman–Crippen LogP) is 5.28. The summed E-state index contributed by atoms with van der Waals surface area (Å²) in [6.45, 7) is 3.17. The van der Waals surface area contributed by atoms with Gasteiger partial charge in [-0.15, -0.1) is 11.8 Å². The lowest BCUT2D eigenvalue weighted by Gasteiger charge is -2.10. The third-order valence-electron chi connectivity index (χ3n) is 4.20. The number of nitrogens with one attached hydrogen (secondary N) is 1. The largest absolute Gasteiger partial charge is 0.452 e. The van der Waals surface area contributed by atoms with E-state index in [9.17, 15) is 14.0 Å². The molecule has 1 amide bonds. The molecule has 3 rings (SSSR count). The molecule has 2 aromatic carbocycles. The van der Waals surface area contributed by atoms with Crippen LogP contribution in [0.25, 0.3) is 0 Å². The number of esters is 1. The van der Waals surface area contributed by atoms with Crippen molar-refractivity contribution in [3.05, 3.63) is 75.3 Å². The average Bonchev–Trinajstić information content (AvgIpc) is 3.04. The molecule has 6 nitrogen and oxygen atoms in total. The Labute approximate surface area is 185 Å². The van der Waals surface area contributed by atoms with Gasteiger partial charge in [0.1, 0.15) is 11.6 Å². The monoisotopic (exact) mass is 492 g/mol. The number of halogens is 2. The van der Waals surface area contributed by atoms with Gasteiger partial charge in [0.2, 0.25) is 0 Å². The van der Waals surface area contributed by atoms with Gasteiger partial charge in [0.15, 0.2) is 6.61 Å². The molecule has 1 heterocycles. The summed E-state index contributed by atoms with van der Waals surface area (Å²) in [5, 5.41) is 6.31. The van der Waals surface area contributed by atoms with Crippen molar-refractivity contribution >= 4 is 45.3 Å². The smallest absolute Gasteiger partial charge is 0.339 e. The number of carbonyl (C=O) groups is 2. The quantitative estimate of drug-likeness (QED) is 0.356. The second kappa shape index (κ2) is 9.90. The third-order valence-corrected chi connectivity index (χ3v) is 5.79. The van der Waals surface area contributed by atoms with Crippen molar-refractivity contribution in [3.63, 3.8) is 0 Å². The number of thioether (sulfide) groups is 1.